The van der Waals surface area contributed by atoms with Crippen LogP contribution in [0.25, 0.3) is 0 Å². The Balaban J connectivity index is -0.000000489. The molecular weight excluding hydrogens is 1060 g/mol. The number of hydrogen-bond donors (Lipinski definition) is 12. The van der Waals surface area contributed by atoms with E-state index in [9.17, 15) is 43.2 Å². The van der Waals surface area contributed by atoms with Crippen molar-refractivity contribution in [1.29, 1.82) is 0 Å². The van der Waals surface area contributed by atoms with Crippen LogP contribution in [0.1, 0.15) is 182 Å². The summed E-state index contributed by atoms with van der Waals surface area (Å²) < 4.78 is 21.1. The van der Waals surface area contributed by atoms with E-state index in [0.29, 0.717) is 45.1 Å². The number of primary amides is 1. The predicted octanol–water partition coefficient (Wildman–Crippen LogP) is 3.08. The number of carbonyl (C=O) groups excluding carboxylic acids is 7. The number of likely N-dealkylation sites (N-methyl/N-ethyl adjacent to an activating group) is 1. The Bertz CT molecular complexity index is 1550. The third kappa shape index (κ3) is 66.9. The van der Waals surface area contributed by atoms with Crippen molar-refractivity contribution in [2.24, 2.45) is 5.73 Å². The lowest BCUT2D eigenvalue weighted by Crippen LogP contribution is -2.50. The van der Waals surface area contributed by atoms with Gasteiger partial charge in [0.25, 0.3) is 6.47 Å². The first kappa shape index (κ1) is 84.3. The van der Waals surface area contributed by atoms with E-state index in [1.165, 1.54) is 70.6 Å². The van der Waals surface area contributed by atoms with Crippen LogP contribution in [0.2, 0.25) is 0 Å². The Kier molecular flexibility index (Phi) is 71.5. The molecule has 0 aliphatic heterocycles. The Hall–Kier alpha value is -5.54. The minimum absolute atomic E-state index is 0.0344. The number of nitrogens with one attached hydrogen (secondary N) is 7. The number of carboxylic acids is 2. The van der Waals surface area contributed by atoms with Gasteiger partial charge in [0.2, 0.25) is 41.9 Å². The second kappa shape index (κ2) is 68.7. The minimum atomic E-state index is -1.22. The van der Waals surface area contributed by atoms with Crippen molar-refractivity contribution in [3.63, 3.8) is 0 Å². The number of hydrogen-bond acceptors (Lipinski definition) is 16. The van der Waals surface area contributed by atoms with E-state index in [0.717, 1.165) is 45.8 Å². The Morgan fingerprint density at radius 3 is 1.32 bits per heavy atom. The lowest BCUT2D eigenvalue weighted by Gasteiger charge is -2.19. The molecule has 26 heteroatoms. The van der Waals surface area contributed by atoms with Crippen LogP contribution in [0.15, 0.2) is 0 Å². The number of aliphatic hydroxyl groups excluding tert-OH is 1. The molecule has 7 amide bonds. The van der Waals surface area contributed by atoms with E-state index >= 15 is 0 Å². The summed E-state index contributed by atoms with van der Waals surface area (Å²) in [6.45, 7) is 10.3. The molecule has 0 radical (unpaired) electrons. The van der Waals surface area contributed by atoms with Crippen LogP contribution in [0, 0.1) is 0 Å². The summed E-state index contributed by atoms with van der Waals surface area (Å²) in [6.07, 6.45) is 22.8. The Morgan fingerprint density at radius 1 is 0.494 bits per heavy atom. The van der Waals surface area contributed by atoms with Crippen molar-refractivity contribution in [3.8, 4) is 0 Å². The summed E-state index contributed by atoms with van der Waals surface area (Å²) in [7, 11) is 2.66. The molecule has 0 heterocycles. The van der Waals surface area contributed by atoms with E-state index in [4.69, 9.17) is 49.9 Å². The maximum Gasteiger partial charge on any atom is 0.326 e. The first-order valence-electron chi connectivity index (χ1n) is 28.9. The van der Waals surface area contributed by atoms with Crippen molar-refractivity contribution in [3.05, 3.63) is 0 Å². The molecule has 0 fully saturated rings. The van der Waals surface area contributed by atoms with Crippen LogP contribution < -0.4 is 43.0 Å². The topological polar surface area (TPSA) is 399 Å². The largest absolute Gasteiger partial charge is 0.483 e. The fourth-order valence-electron chi connectivity index (χ4n) is 7.05. The third-order valence-corrected chi connectivity index (χ3v) is 11.4. The molecular formula is C55H108N8O18. The van der Waals surface area contributed by atoms with Crippen LogP contribution in [-0.2, 0) is 66.9 Å². The van der Waals surface area contributed by atoms with Gasteiger partial charge in [0.1, 0.15) is 25.3 Å². The monoisotopic (exact) mass is 1170 g/mol. The number of aliphatic hydroxyl groups is 1. The van der Waals surface area contributed by atoms with Gasteiger partial charge >= 0.3 is 11.9 Å². The lowest BCUT2D eigenvalue weighted by molar-refractivity contribution is -0.141. The van der Waals surface area contributed by atoms with E-state index in [1.54, 1.807) is 14.0 Å². The summed E-state index contributed by atoms with van der Waals surface area (Å²) in [4.78, 5) is 111. The highest BCUT2D eigenvalue weighted by molar-refractivity contribution is 5.89. The summed E-state index contributed by atoms with van der Waals surface area (Å²) in [6, 6.07) is -2.30. The molecule has 0 aromatic heterocycles. The molecule has 3 atom stereocenters. The second-order valence-corrected chi connectivity index (χ2v) is 18.0. The fourth-order valence-corrected chi connectivity index (χ4v) is 7.05. The normalized spacial score (nSPS) is 11.2. The number of aliphatic carboxylic acids is 2. The van der Waals surface area contributed by atoms with Gasteiger partial charge in [-0.2, -0.15) is 0 Å². The maximum atomic E-state index is 12.3. The van der Waals surface area contributed by atoms with Crippen molar-refractivity contribution >= 4 is 60.3 Å². The van der Waals surface area contributed by atoms with Gasteiger partial charge in [-0.3, -0.25) is 43.2 Å². The number of carbonyl (C=O) groups is 10. The van der Waals surface area contributed by atoms with Crippen LogP contribution in [-0.4, -0.2) is 192 Å². The predicted molar refractivity (Wildman–Crippen MR) is 308 cm³/mol. The zero-order valence-corrected chi connectivity index (χ0v) is 49.9. The number of unbranched alkanes of at least 4 members (excludes halogenated alkanes) is 15. The van der Waals surface area contributed by atoms with Gasteiger partial charge in [-0.15, -0.1) is 0 Å². The number of nitrogens with two attached hydrogens (primary N) is 1. The number of carboxylic acid groups (broad SMARTS) is 3. The van der Waals surface area contributed by atoms with Gasteiger partial charge in [0.15, 0.2) is 0 Å². The molecule has 0 saturated heterocycles. The zero-order chi connectivity index (χ0) is 62.0. The maximum absolute atomic E-state index is 12.3. The minimum Gasteiger partial charge on any atom is -0.483 e. The van der Waals surface area contributed by atoms with Gasteiger partial charge in [0, 0.05) is 52.6 Å². The highest BCUT2D eigenvalue weighted by atomic mass is 16.5. The molecule has 2 unspecified atom stereocenters. The molecule has 0 saturated carbocycles. The van der Waals surface area contributed by atoms with E-state index in [2.05, 4.69) is 44.1 Å². The van der Waals surface area contributed by atoms with Gasteiger partial charge in [-0.25, -0.2) is 4.79 Å². The third-order valence-electron chi connectivity index (χ3n) is 11.4. The molecule has 0 aliphatic carbocycles. The van der Waals surface area contributed by atoms with Gasteiger partial charge in [-0.05, 0) is 58.4 Å². The average molecular weight is 1170 g/mol. The molecule has 0 aromatic rings. The van der Waals surface area contributed by atoms with E-state index in [1.807, 2.05) is 13.8 Å². The van der Waals surface area contributed by atoms with Crippen molar-refractivity contribution in [2.75, 3.05) is 93.2 Å². The van der Waals surface area contributed by atoms with Crippen LogP contribution in [0.4, 0.5) is 0 Å². The molecule has 0 aromatic carbocycles. The zero-order valence-electron chi connectivity index (χ0n) is 49.9. The van der Waals surface area contributed by atoms with E-state index in [-0.39, 0.29) is 121 Å². The van der Waals surface area contributed by atoms with Crippen LogP contribution >= 0.6 is 0 Å². The molecule has 26 nitrogen and oxygen atoms in total. The molecule has 13 N–H and O–H groups in total. The van der Waals surface area contributed by atoms with Crippen molar-refractivity contribution in [2.45, 2.75) is 200 Å². The van der Waals surface area contributed by atoms with Crippen LogP contribution in [0.3, 0.4) is 0 Å². The molecule has 81 heavy (non-hydrogen) atoms. The number of rotatable bonds is 52. The Labute approximate surface area is 482 Å². The molecule has 0 rings (SSSR count). The highest BCUT2D eigenvalue weighted by Gasteiger charge is 2.22. The summed E-state index contributed by atoms with van der Waals surface area (Å²) in [5, 5.41) is 49.9. The quantitative estimate of drug-likeness (QED) is 0.0307. The van der Waals surface area contributed by atoms with Gasteiger partial charge < -0.3 is 82.3 Å². The van der Waals surface area contributed by atoms with E-state index < -0.39 is 36.0 Å². The van der Waals surface area contributed by atoms with Crippen molar-refractivity contribution < 1.29 is 87.3 Å². The second-order valence-electron chi connectivity index (χ2n) is 18.0. The van der Waals surface area contributed by atoms with Gasteiger partial charge in [-0.1, -0.05) is 111 Å². The lowest BCUT2D eigenvalue weighted by atomic mass is 10.0. The standard InChI is InChI=1S/C29H53N7O12.C22H43NO3.C2H6.CH2O2.CH4O/c1-3-21(27(30)41)36-28(42)22(31-2)6-4-5-9-32-25(39)18-47-16-15-46-13-11-34-26(40)19-48-17-14-45-12-10-33-24(38)8-7-23(29(43)44)35-20-37;1-2-3-20-23-21(24)18-16-14-12-10-8-6-4-5-7-9-11-13-15-17-19-22(25)26;1-2;2-1-3;1-2/h20-23,31H,3-19H2,1-2H3,(H2,30,41)(H,32,39)(H,33,38)(H,34,40)(H,35,37)(H,36,42)(H,43,44);2-20H2,1H3,(H,23,24)(H,25,26);1-2H3;1H,(H,2,3);2H,1H3/t21-,22?,23?;;;;/m0..../s1. The summed E-state index contributed by atoms with van der Waals surface area (Å²) >= 11 is 0. The molecule has 0 aliphatic rings. The Morgan fingerprint density at radius 2 is 0.901 bits per heavy atom. The number of amides is 7. The number of ether oxygens (including phenoxy) is 4. The molecule has 0 bridgehead atoms. The molecule has 476 valence electrons. The summed E-state index contributed by atoms with van der Waals surface area (Å²) in [5.74, 6) is -3.52. The summed E-state index contributed by atoms with van der Waals surface area (Å²) in [5.41, 5.74) is 5.27. The van der Waals surface area contributed by atoms with Crippen molar-refractivity contribution in [1.82, 2.24) is 37.2 Å². The average Bonchev–Trinajstić information content (AvgIpc) is 3.44. The smallest absolute Gasteiger partial charge is 0.326 e. The first-order chi connectivity index (χ1) is 39.1. The fraction of sp³-hybridized carbons (Fsp3) is 0.818. The molecule has 0 spiro atoms. The van der Waals surface area contributed by atoms with Crippen LogP contribution in [0.5, 0.6) is 0 Å². The van der Waals surface area contributed by atoms with Gasteiger partial charge in [0.05, 0.1) is 45.7 Å². The highest BCUT2D eigenvalue weighted by Crippen LogP contribution is 2.14. The SMILES string of the molecule is CC.CCCCNC(=O)CCCCCCCCCCCCCCCCC(=O)O.CC[C@H](NC(=O)C(CCCCNC(=O)COCCOCCNC(=O)COCCOCCNC(=O)CCC(NC=O)C(=O)O)NC)C(N)=O.CO.O=CO. The first-order valence-corrected chi connectivity index (χ1v) is 28.9.